The standard InChI is InChI=1S/C11H7F4N3O/c12-9-2-1-7(3-8(9)11(13,14)15)18-10(19)6-4-16-17-5-6/h1-5H,(H,16,17)(H,18,19). The van der Waals surface area contributed by atoms with Crippen LogP contribution < -0.4 is 5.32 Å². The van der Waals surface area contributed by atoms with Crippen molar-refractivity contribution in [2.24, 2.45) is 0 Å². The van der Waals surface area contributed by atoms with Gasteiger partial charge in [0, 0.05) is 11.9 Å². The Morgan fingerprint density at radius 3 is 2.63 bits per heavy atom. The highest BCUT2D eigenvalue weighted by atomic mass is 19.4. The normalized spacial score (nSPS) is 11.4. The van der Waals surface area contributed by atoms with E-state index in [1.54, 1.807) is 0 Å². The van der Waals surface area contributed by atoms with Gasteiger partial charge in [-0.25, -0.2) is 4.39 Å². The van der Waals surface area contributed by atoms with Crippen LogP contribution in [0, 0.1) is 5.82 Å². The van der Waals surface area contributed by atoms with Gasteiger partial charge >= 0.3 is 6.18 Å². The van der Waals surface area contributed by atoms with Gasteiger partial charge in [-0.1, -0.05) is 0 Å². The van der Waals surface area contributed by atoms with Crippen LogP contribution in [0.3, 0.4) is 0 Å². The summed E-state index contributed by atoms with van der Waals surface area (Å²) in [5.74, 6) is -2.04. The second-order valence-corrected chi connectivity index (χ2v) is 3.63. The van der Waals surface area contributed by atoms with Crippen LogP contribution in [-0.4, -0.2) is 16.1 Å². The van der Waals surface area contributed by atoms with Crippen molar-refractivity contribution >= 4 is 11.6 Å². The van der Waals surface area contributed by atoms with E-state index in [-0.39, 0.29) is 11.3 Å². The summed E-state index contributed by atoms with van der Waals surface area (Å²) in [5.41, 5.74) is -1.43. The van der Waals surface area contributed by atoms with Gasteiger partial charge in [0.05, 0.1) is 17.3 Å². The Hall–Kier alpha value is -2.38. The maximum absolute atomic E-state index is 13.0. The predicted octanol–water partition coefficient (Wildman–Crippen LogP) is 2.82. The maximum atomic E-state index is 13.0. The molecule has 0 aliphatic rings. The first-order valence-electron chi connectivity index (χ1n) is 5.05. The van der Waals surface area contributed by atoms with Crippen molar-refractivity contribution in [2.45, 2.75) is 6.18 Å². The van der Waals surface area contributed by atoms with E-state index < -0.39 is 23.5 Å². The van der Waals surface area contributed by atoms with E-state index in [0.717, 1.165) is 6.07 Å². The Balaban J connectivity index is 2.25. The molecular weight excluding hydrogens is 266 g/mol. The minimum atomic E-state index is -4.82. The minimum Gasteiger partial charge on any atom is -0.322 e. The van der Waals surface area contributed by atoms with E-state index in [4.69, 9.17) is 0 Å². The number of nitrogens with zero attached hydrogens (tertiary/aromatic N) is 1. The number of anilines is 1. The first-order chi connectivity index (χ1) is 8.88. The van der Waals surface area contributed by atoms with Crippen molar-refractivity contribution in [1.82, 2.24) is 10.2 Å². The van der Waals surface area contributed by atoms with Crippen LogP contribution in [0.1, 0.15) is 15.9 Å². The number of rotatable bonds is 2. The quantitative estimate of drug-likeness (QED) is 0.826. The highest BCUT2D eigenvalue weighted by molar-refractivity contribution is 6.03. The second-order valence-electron chi connectivity index (χ2n) is 3.63. The lowest BCUT2D eigenvalue weighted by molar-refractivity contribution is -0.139. The van der Waals surface area contributed by atoms with Gasteiger partial charge in [0.25, 0.3) is 5.91 Å². The number of carbonyl (C=O) groups excluding carboxylic acids is 1. The van der Waals surface area contributed by atoms with Gasteiger partial charge in [-0.05, 0) is 18.2 Å². The smallest absolute Gasteiger partial charge is 0.322 e. The van der Waals surface area contributed by atoms with Gasteiger partial charge in [-0.3, -0.25) is 9.89 Å². The molecule has 1 aromatic carbocycles. The number of H-pyrrole nitrogens is 1. The summed E-state index contributed by atoms with van der Waals surface area (Å²) in [6.07, 6.45) is -2.33. The minimum absolute atomic E-state index is 0.151. The predicted molar refractivity (Wildman–Crippen MR) is 57.9 cm³/mol. The maximum Gasteiger partial charge on any atom is 0.419 e. The molecule has 0 saturated carbocycles. The average molecular weight is 273 g/mol. The molecular formula is C11H7F4N3O. The van der Waals surface area contributed by atoms with Crippen molar-refractivity contribution in [1.29, 1.82) is 0 Å². The molecule has 0 unspecified atom stereocenters. The fourth-order valence-electron chi connectivity index (χ4n) is 1.40. The summed E-state index contributed by atoms with van der Waals surface area (Å²) < 4.78 is 50.4. The summed E-state index contributed by atoms with van der Waals surface area (Å²) in [4.78, 5) is 11.6. The van der Waals surface area contributed by atoms with Gasteiger partial charge in [0.1, 0.15) is 5.82 Å². The van der Waals surface area contributed by atoms with E-state index >= 15 is 0 Å². The molecule has 19 heavy (non-hydrogen) atoms. The van der Waals surface area contributed by atoms with Crippen LogP contribution in [0.15, 0.2) is 30.6 Å². The van der Waals surface area contributed by atoms with Crippen molar-refractivity contribution in [2.75, 3.05) is 5.32 Å². The molecule has 0 spiro atoms. The molecule has 0 fully saturated rings. The zero-order valence-corrected chi connectivity index (χ0v) is 9.25. The Morgan fingerprint density at radius 1 is 1.32 bits per heavy atom. The molecule has 0 atom stereocenters. The van der Waals surface area contributed by atoms with E-state index in [0.29, 0.717) is 12.1 Å². The summed E-state index contributed by atoms with van der Waals surface area (Å²) in [6, 6.07) is 2.23. The summed E-state index contributed by atoms with van der Waals surface area (Å²) in [6.45, 7) is 0. The fourth-order valence-corrected chi connectivity index (χ4v) is 1.40. The molecule has 1 amide bonds. The topological polar surface area (TPSA) is 57.8 Å². The van der Waals surface area contributed by atoms with Crippen LogP contribution >= 0.6 is 0 Å². The van der Waals surface area contributed by atoms with Crippen LogP contribution in [0.4, 0.5) is 23.2 Å². The van der Waals surface area contributed by atoms with Crippen LogP contribution in [0.5, 0.6) is 0 Å². The number of hydrogen-bond donors (Lipinski definition) is 2. The number of carbonyl (C=O) groups is 1. The lowest BCUT2D eigenvalue weighted by atomic mass is 10.1. The van der Waals surface area contributed by atoms with Gasteiger partial charge < -0.3 is 5.32 Å². The van der Waals surface area contributed by atoms with Crippen LogP contribution in [-0.2, 0) is 6.18 Å². The Kier molecular flexibility index (Phi) is 3.24. The Labute approximate surface area is 104 Å². The highest BCUT2D eigenvalue weighted by Crippen LogP contribution is 2.33. The molecule has 2 N–H and O–H groups in total. The third kappa shape index (κ3) is 2.90. The zero-order chi connectivity index (χ0) is 14.0. The lowest BCUT2D eigenvalue weighted by Gasteiger charge is -2.10. The van der Waals surface area contributed by atoms with Crippen LogP contribution in [0.2, 0.25) is 0 Å². The first kappa shape index (κ1) is 13.1. The molecule has 8 heteroatoms. The van der Waals surface area contributed by atoms with E-state index in [9.17, 15) is 22.4 Å². The monoisotopic (exact) mass is 273 g/mol. The number of nitrogens with one attached hydrogen (secondary N) is 2. The first-order valence-corrected chi connectivity index (χ1v) is 5.05. The van der Waals surface area contributed by atoms with E-state index in [1.165, 1.54) is 12.4 Å². The van der Waals surface area contributed by atoms with Gasteiger partial charge in [0.2, 0.25) is 0 Å². The summed E-state index contributed by atoms with van der Waals surface area (Å²) in [7, 11) is 0. The number of amides is 1. The van der Waals surface area contributed by atoms with E-state index in [1.807, 2.05) is 0 Å². The molecule has 100 valence electrons. The molecule has 0 radical (unpaired) electrons. The SMILES string of the molecule is O=C(Nc1ccc(F)c(C(F)(F)F)c1)c1cn[nH]c1. The third-order valence-corrected chi connectivity index (χ3v) is 2.29. The lowest BCUT2D eigenvalue weighted by Crippen LogP contribution is -2.13. The number of alkyl halides is 3. The van der Waals surface area contributed by atoms with Gasteiger partial charge in [-0.2, -0.15) is 18.3 Å². The molecule has 2 rings (SSSR count). The molecule has 4 nitrogen and oxygen atoms in total. The number of aromatic nitrogens is 2. The average Bonchev–Trinajstić information content (AvgIpc) is 2.83. The third-order valence-electron chi connectivity index (χ3n) is 2.29. The van der Waals surface area contributed by atoms with Crippen molar-refractivity contribution in [3.05, 3.63) is 47.5 Å². The molecule has 2 aromatic rings. The van der Waals surface area contributed by atoms with Gasteiger partial charge in [0.15, 0.2) is 0 Å². The number of hydrogen-bond acceptors (Lipinski definition) is 2. The van der Waals surface area contributed by atoms with Crippen molar-refractivity contribution in [3.63, 3.8) is 0 Å². The number of benzene rings is 1. The molecule has 0 saturated heterocycles. The largest absolute Gasteiger partial charge is 0.419 e. The summed E-state index contributed by atoms with van der Waals surface area (Å²) >= 11 is 0. The number of aromatic amines is 1. The number of halogens is 4. The molecule has 0 bridgehead atoms. The van der Waals surface area contributed by atoms with Crippen LogP contribution in [0.25, 0.3) is 0 Å². The molecule has 0 aliphatic carbocycles. The summed E-state index contributed by atoms with van der Waals surface area (Å²) in [5, 5.41) is 8.14. The second kappa shape index (κ2) is 4.71. The molecule has 1 aromatic heterocycles. The fraction of sp³-hybridized carbons (Fsp3) is 0.0909. The van der Waals surface area contributed by atoms with Crippen molar-refractivity contribution in [3.8, 4) is 0 Å². The van der Waals surface area contributed by atoms with E-state index in [2.05, 4.69) is 15.5 Å². The molecule has 0 aliphatic heterocycles. The Bertz CT molecular complexity index is 592. The molecule has 1 heterocycles. The Morgan fingerprint density at radius 2 is 2.05 bits per heavy atom. The van der Waals surface area contributed by atoms with Crippen molar-refractivity contribution < 1.29 is 22.4 Å². The highest BCUT2D eigenvalue weighted by Gasteiger charge is 2.34. The zero-order valence-electron chi connectivity index (χ0n) is 9.25. The van der Waals surface area contributed by atoms with Gasteiger partial charge in [-0.15, -0.1) is 0 Å².